The van der Waals surface area contributed by atoms with Crippen molar-refractivity contribution in [2.75, 3.05) is 0 Å². The van der Waals surface area contributed by atoms with Crippen molar-refractivity contribution in [1.29, 1.82) is 0 Å². The van der Waals surface area contributed by atoms with E-state index in [1.54, 1.807) is 18.2 Å². The Morgan fingerprint density at radius 2 is 2.00 bits per heavy atom. The molecule has 3 nitrogen and oxygen atoms in total. The second-order valence-corrected chi connectivity index (χ2v) is 6.69. The van der Waals surface area contributed by atoms with Crippen molar-refractivity contribution in [3.63, 3.8) is 0 Å². The molecule has 0 heterocycles. The fourth-order valence-electron chi connectivity index (χ4n) is 2.24. The van der Waals surface area contributed by atoms with Crippen LogP contribution in [0.4, 0.5) is 0 Å². The summed E-state index contributed by atoms with van der Waals surface area (Å²) in [5.74, 6) is -0.127. The minimum atomic E-state index is -3.48. The molecule has 1 saturated carbocycles. The summed E-state index contributed by atoms with van der Waals surface area (Å²) in [5, 5.41) is -0.821. The van der Waals surface area contributed by atoms with Crippen LogP contribution in [0.2, 0.25) is 0 Å². The number of hydrogen-bond acceptors (Lipinski definition) is 3. The average molecular weight is 252 g/mol. The van der Waals surface area contributed by atoms with Crippen molar-refractivity contribution in [3.8, 4) is 0 Å². The number of hydrogen-bond donors (Lipinski definition) is 0. The normalized spacial score (nSPS) is 21.5. The maximum Gasteiger partial charge on any atom is 0.188 e. The SMILES string of the molecule is Cc1cccc(S(=O)(=O)C2CCCCC2=O)c1. The average Bonchev–Trinajstić information content (AvgIpc) is 2.29. The van der Waals surface area contributed by atoms with Crippen LogP contribution in [0.25, 0.3) is 0 Å². The molecule has 0 aromatic heterocycles. The Morgan fingerprint density at radius 1 is 1.24 bits per heavy atom. The maximum atomic E-state index is 12.3. The Bertz CT molecular complexity index is 531. The van der Waals surface area contributed by atoms with Crippen molar-refractivity contribution < 1.29 is 13.2 Å². The van der Waals surface area contributed by atoms with E-state index in [1.807, 2.05) is 13.0 Å². The Kier molecular flexibility index (Phi) is 3.33. The van der Waals surface area contributed by atoms with Gasteiger partial charge in [-0.25, -0.2) is 8.42 Å². The lowest BCUT2D eigenvalue weighted by Crippen LogP contribution is -2.33. The molecule has 4 heteroatoms. The van der Waals surface area contributed by atoms with Gasteiger partial charge in [-0.3, -0.25) is 4.79 Å². The highest BCUT2D eigenvalue weighted by atomic mass is 32.2. The van der Waals surface area contributed by atoms with Crippen LogP contribution in [-0.2, 0) is 14.6 Å². The fourth-order valence-corrected chi connectivity index (χ4v) is 4.12. The summed E-state index contributed by atoms with van der Waals surface area (Å²) >= 11 is 0. The fraction of sp³-hybridized carbons (Fsp3) is 0.462. The molecule has 0 saturated heterocycles. The van der Waals surface area contributed by atoms with Gasteiger partial charge in [0.1, 0.15) is 5.25 Å². The molecule has 0 radical (unpaired) electrons. The minimum Gasteiger partial charge on any atom is -0.298 e. The highest BCUT2D eigenvalue weighted by Gasteiger charge is 2.35. The highest BCUT2D eigenvalue weighted by Crippen LogP contribution is 2.26. The Morgan fingerprint density at radius 3 is 2.65 bits per heavy atom. The molecule has 0 aliphatic heterocycles. The first-order chi connectivity index (χ1) is 8.01. The first kappa shape index (κ1) is 12.3. The van der Waals surface area contributed by atoms with E-state index in [9.17, 15) is 13.2 Å². The van der Waals surface area contributed by atoms with Gasteiger partial charge in [-0.2, -0.15) is 0 Å². The summed E-state index contributed by atoms with van der Waals surface area (Å²) < 4.78 is 24.7. The summed E-state index contributed by atoms with van der Waals surface area (Å²) in [7, 11) is -3.48. The molecule has 1 fully saturated rings. The monoisotopic (exact) mass is 252 g/mol. The standard InChI is InChI=1S/C13H16O3S/c1-10-5-4-6-11(9-10)17(15,16)13-8-3-2-7-12(13)14/h4-6,9,13H,2-3,7-8H2,1H3. The lowest BCUT2D eigenvalue weighted by molar-refractivity contribution is -0.119. The number of sulfone groups is 1. The van der Waals surface area contributed by atoms with Crippen molar-refractivity contribution in [2.24, 2.45) is 0 Å². The van der Waals surface area contributed by atoms with Crippen LogP contribution in [0.15, 0.2) is 29.2 Å². The predicted octanol–water partition coefficient (Wildman–Crippen LogP) is 2.28. The van der Waals surface area contributed by atoms with Gasteiger partial charge in [0.05, 0.1) is 4.90 Å². The van der Waals surface area contributed by atoms with E-state index < -0.39 is 15.1 Å². The molecule has 0 spiro atoms. The Balaban J connectivity index is 2.39. The van der Waals surface area contributed by atoms with Crippen molar-refractivity contribution in [1.82, 2.24) is 0 Å². The first-order valence-corrected chi connectivity index (χ1v) is 7.40. The van der Waals surface area contributed by atoms with Crippen molar-refractivity contribution in [3.05, 3.63) is 29.8 Å². The van der Waals surface area contributed by atoms with Crippen molar-refractivity contribution in [2.45, 2.75) is 42.8 Å². The largest absolute Gasteiger partial charge is 0.298 e. The molecule has 1 aromatic carbocycles. The van der Waals surface area contributed by atoms with E-state index in [-0.39, 0.29) is 10.7 Å². The van der Waals surface area contributed by atoms with E-state index in [2.05, 4.69) is 0 Å². The number of rotatable bonds is 2. The smallest absolute Gasteiger partial charge is 0.188 e. The number of ketones is 1. The van der Waals surface area contributed by atoms with Crippen LogP contribution in [0.1, 0.15) is 31.2 Å². The molecule has 0 amide bonds. The Labute approximate surface area is 102 Å². The minimum absolute atomic E-state index is 0.127. The van der Waals surface area contributed by atoms with Gasteiger partial charge in [-0.1, -0.05) is 18.6 Å². The Hall–Kier alpha value is -1.16. The van der Waals surface area contributed by atoms with Gasteiger partial charge in [0, 0.05) is 6.42 Å². The molecule has 92 valence electrons. The van der Waals surface area contributed by atoms with E-state index in [1.165, 1.54) is 0 Å². The van der Waals surface area contributed by atoms with Gasteiger partial charge in [0.2, 0.25) is 0 Å². The van der Waals surface area contributed by atoms with Crippen LogP contribution in [0.5, 0.6) is 0 Å². The topological polar surface area (TPSA) is 51.2 Å². The maximum absolute atomic E-state index is 12.3. The predicted molar refractivity (Wildman–Crippen MR) is 65.6 cm³/mol. The summed E-state index contributed by atoms with van der Waals surface area (Å²) in [4.78, 5) is 12.0. The van der Waals surface area contributed by atoms with Crippen LogP contribution in [0.3, 0.4) is 0 Å². The highest BCUT2D eigenvalue weighted by molar-refractivity contribution is 7.92. The number of aryl methyl sites for hydroxylation is 1. The van der Waals surface area contributed by atoms with Crippen LogP contribution in [-0.4, -0.2) is 19.5 Å². The van der Waals surface area contributed by atoms with E-state index in [0.717, 1.165) is 18.4 Å². The summed E-state index contributed by atoms with van der Waals surface area (Å²) in [6.07, 6.45) is 2.50. The molecule has 0 bridgehead atoms. The van der Waals surface area contributed by atoms with Gasteiger partial charge in [0.25, 0.3) is 0 Å². The second-order valence-electron chi connectivity index (χ2n) is 4.56. The molecule has 2 rings (SSSR count). The molecular weight excluding hydrogens is 236 g/mol. The van der Waals surface area contributed by atoms with E-state index in [0.29, 0.717) is 12.8 Å². The molecule has 1 aliphatic carbocycles. The van der Waals surface area contributed by atoms with Crippen LogP contribution < -0.4 is 0 Å². The zero-order valence-electron chi connectivity index (χ0n) is 9.85. The van der Waals surface area contributed by atoms with Crippen molar-refractivity contribution >= 4 is 15.6 Å². The molecule has 1 unspecified atom stereocenters. The molecular formula is C13H16O3S. The van der Waals surface area contributed by atoms with Gasteiger partial charge < -0.3 is 0 Å². The third kappa shape index (κ3) is 2.41. The number of Topliss-reactive ketones (excluding diaryl/α,β-unsaturated/α-hetero) is 1. The first-order valence-electron chi connectivity index (χ1n) is 5.85. The third-order valence-electron chi connectivity index (χ3n) is 3.19. The molecule has 1 atom stereocenters. The molecule has 17 heavy (non-hydrogen) atoms. The van der Waals surface area contributed by atoms with E-state index >= 15 is 0 Å². The number of carbonyl (C=O) groups is 1. The number of carbonyl (C=O) groups excluding carboxylic acids is 1. The zero-order valence-corrected chi connectivity index (χ0v) is 10.7. The quantitative estimate of drug-likeness (QED) is 0.811. The summed E-state index contributed by atoms with van der Waals surface area (Å²) in [5.41, 5.74) is 0.898. The van der Waals surface area contributed by atoms with Crippen LogP contribution in [0, 0.1) is 6.92 Å². The lowest BCUT2D eigenvalue weighted by atomic mass is 9.99. The van der Waals surface area contributed by atoms with Gasteiger partial charge >= 0.3 is 0 Å². The van der Waals surface area contributed by atoms with Gasteiger partial charge in [0.15, 0.2) is 15.6 Å². The second kappa shape index (κ2) is 4.61. The summed E-state index contributed by atoms with van der Waals surface area (Å²) in [6.45, 7) is 1.85. The van der Waals surface area contributed by atoms with Crippen LogP contribution >= 0.6 is 0 Å². The van der Waals surface area contributed by atoms with Gasteiger partial charge in [-0.05, 0) is 37.5 Å². The lowest BCUT2D eigenvalue weighted by Gasteiger charge is -2.20. The summed E-state index contributed by atoms with van der Waals surface area (Å²) in [6, 6.07) is 6.78. The number of benzene rings is 1. The molecule has 1 aromatic rings. The van der Waals surface area contributed by atoms with E-state index in [4.69, 9.17) is 0 Å². The van der Waals surface area contributed by atoms with Gasteiger partial charge in [-0.15, -0.1) is 0 Å². The third-order valence-corrected chi connectivity index (χ3v) is 5.35. The molecule has 0 N–H and O–H groups in total. The molecule has 1 aliphatic rings. The zero-order chi connectivity index (χ0) is 12.5.